The number of halogens is 1. The Morgan fingerprint density at radius 2 is 2.04 bits per heavy atom. The molecule has 28 heavy (non-hydrogen) atoms. The summed E-state index contributed by atoms with van der Waals surface area (Å²) in [5, 5.41) is 9.74. The van der Waals surface area contributed by atoms with E-state index in [1.165, 1.54) is 17.0 Å². The molecule has 0 spiro atoms. The minimum atomic E-state index is -0.639. The quantitative estimate of drug-likeness (QED) is 0.729. The number of rotatable bonds is 4. The normalized spacial score (nSPS) is 19.1. The molecule has 3 aromatic rings. The van der Waals surface area contributed by atoms with Crippen molar-refractivity contribution in [2.24, 2.45) is 5.92 Å². The maximum atomic E-state index is 13.7. The van der Waals surface area contributed by atoms with Gasteiger partial charge in [-0.3, -0.25) is 19.7 Å². The zero-order chi connectivity index (χ0) is 19.7. The van der Waals surface area contributed by atoms with E-state index in [1.54, 1.807) is 37.6 Å². The SMILES string of the molecule is CN1C(=O)CC(C(=O)Nc2cc(-c3ccncc3)[nH]n2)C1c1cccc(F)c1. The molecule has 0 aliphatic carbocycles. The van der Waals surface area contributed by atoms with E-state index in [0.29, 0.717) is 11.4 Å². The third-order valence-corrected chi connectivity index (χ3v) is 4.93. The number of H-pyrrole nitrogens is 1. The number of aromatic nitrogens is 3. The molecule has 2 atom stereocenters. The number of hydrogen-bond acceptors (Lipinski definition) is 4. The van der Waals surface area contributed by atoms with Crippen LogP contribution in [0.3, 0.4) is 0 Å². The average molecular weight is 379 g/mol. The van der Waals surface area contributed by atoms with Crippen molar-refractivity contribution in [2.75, 3.05) is 12.4 Å². The summed E-state index contributed by atoms with van der Waals surface area (Å²) in [4.78, 5) is 30.6. The molecule has 4 rings (SSSR count). The van der Waals surface area contributed by atoms with Gasteiger partial charge in [0, 0.05) is 37.5 Å². The van der Waals surface area contributed by atoms with E-state index in [2.05, 4.69) is 20.5 Å². The summed E-state index contributed by atoms with van der Waals surface area (Å²) in [6.45, 7) is 0. The third kappa shape index (κ3) is 3.36. The van der Waals surface area contributed by atoms with E-state index in [1.807, 2.05) is 12.1 Å². The van der Waals surface area contributed by atoms with E-state index in [-0.39, 0.29) is 18.2 Å². The van der Waals surface area contributed by atoms with E-state index >= 15 is 0 Å². The molecule has 1 aliphatic rings. The minimum Gasteiger partial charge on any atom is -0.338 e. The Hall–Kier alpha value is -3.55. The van der Waals surface area contributed by atoms with Gasteiger partial charge in [-0.2, -0.15) is 5.10 Å². The Morgan fingerprint density at radius 3 is 2.79 bits per heavy atom. The molecular formula is C20H18FN5O2. The average Bonchev–Trinajstić information content (AvgIpc) is 3.27. The van der Waals surface area contributed by atoms with Crippen LogP contribution in [0.25, 0.3) is 11.3 Å². The highest BCUT2D eigenvalue weighted by atomic mass is 19.1. The van der Waals surface area contributed by atoms with E-state index < -0.39 is 17.8 Å². The van der Waals surface area contributed by atoms with E-state index in [9.17, 15) is 14.0 Å². The highest BCUT2D eigenvalue weighted by molar-refractivity contribution is 5.97. The van der Waals surface area contributed by atoms with Gasteiger partial charge >= 0.3 is 0 Å². The number of carbonyl (C=O) groups excluding carboxylic acids is 2. The number of benzene rings is 1. The van der Waals surface area contributed by atoms with E-state index in [4.69, 9.17) is 0 Å². The highest BCUT2D eigenvalue weighted by Gasteiger charge is 2.42. The first kappa shape index (κ1) is 17.8. The molecule has 2 N–H and O–H groups in total. The van der Waals surface area contributed by atoms with Crippen molar-refractivity contribution < 1.29 is 14.0 Å². The number of carbonyl (C=O) groups is 2. The Kier molecular flexibility index (Phi) is 4.60. The number of likely N-dealkylation sites (tertiary alicyclic amines) is 1. The van der Waals surface area contributed by atoms with E-state index in [0.717, 1.165) is 11.3 Å². The van der Waals surface area contributed by atoms with Crippen LogP contribution in [0.5, 0.6) is 0 Å². The standard InChI is InChI=1S/C20H18FN5O2/c1-26-18(27)10-15(19(26)13-3-2-4-14(21)9-13)20(28)23-17-11-16(24-25-17)12-5-7-22-8-6-12/h2-9,11,15,19H,10H2,1H3,(H2,23,24,25,28). The highest BCUT2D eigenvalue weighted by Crippen LogP contribution is 2.37. The van der Waals surface area contributed by atoms with Crippen LogP contribution in [0.1, 0.15) is 18.0 Å². The van der Waals surface area contributed by atoms with Gasteiger partial charge in [0.2, 0.25) is 11.8 Å². The zero-order valence-electron chi connectivity index (χ0n) is 15.1. The van der Waals surface area contributed by atoms with Gasteiger partial charge in [0.15, 0.2) is 5.82 Å². The first-order valence-electron chi connectivity index (χ1n) is 8.81. The van der Waals surface area contributed by atoms with Crippen molar-refractivity contribution in [3.8, 4) is 11.3 Å². The molecule has 1 aromatic carbocycles. The summed E-state index contributed by atoms with van der Waals surface area (Å²) in [6, 6.07) is 10.8. The van der Waals surface area contributed by atoms with Crippen LogP contribution in [0.15, 0.2) is 54.9 Å². The van der Waals surface area contributed by atoms with Gasteiger partial charge < -0.3 is 10.2 Å². The summed E-state index contributed by atoms with van der Waals surface area (Å²) < 4.78 is 13.7. The molecule has 1 fully saturated rings. The monoisotopic (exact) mass is 379 g/mol. The lowest BCUT2D eigenvalue weighted by molar-refractivity contribution is -0.128. The molecule has 0 bridgehead atoms. The molecule has 2 amide bonds. The van der Waals surface area contributed by atoms with Crippen LogP contribution in [0.4, 0.5) is 10.2 Å². The maximum Gasteiger partial charge on any atom is 0.231 e. The van der Waals surface area contributed by atoms with Crippen molar-refractivity contribution >= 4 is 17.6 Å². The number of anilines is 1. The second-order valence-corrected chi connectivity index (χ2v) is 6.71. The number of aromatic amines is 1. The summed E-state index contributed by atoms with van der Waals surface area (Å²) >= 11 is 0. The summed E-state index contributed by atoms with van der Waals surface area (Å²) in [6.07, 6.45) is 3.39. The van der Waals surface area contributed by atoms with Crippen molar-refractivity contribution in [3.63, 3.8) is 0 Å². The lowest BCUT2D eigenvalue weighted by atomic mass is 9.93. The van der Waals surface area contributed by atoms with Crippen molar-refractivity contribution in [1.29, 1.82) is 0 Å². The van der Waals surface area contributed by atoms with Crippen LogP contribution in [0, 0.1) is 11.7 Å². The van der Waals surface area contributed by atoms with Gasteiger partial charge in [0.25, 0.3) is 0 Å². The third-order valence-electron chi connectivity index (χ3n) is 4.93. The zero-order valence-corrected chi connectivity index (χ0v) is 15.1. The number of hydrogen-bond donors (Lipinski definition) is 2. The van der Waals surface area contributed by atoms with Gasteiger partial charge in [-0.05, 0) is 29.8 Å². The lowest BCUT2D eigenvalue weighted by Gasteiger charge is -2.24. The summed E-state index contributed by atoms with van der Waals surface area (Å²) in [5.74, 6) is -1.18. The number of nitrogens with zero attached hydrogens (tertiary/aromatic N) is 3. The largest absolute Gasteiger partial charge is 0.338 e. The smallest absolute Gasteiger partial charge is 0.231 e. The topological polar surface area (TPSA) is 91.0 Å². The van der Waals surface area contributed by atoms with Crippen molar-refractivity contribution in [3.05, 3.63) is 66.2 Å². The fourth-order valence-corrected chi connectivity index (χ4v) is 3.54. The van der Waals surface area contributed by atoms with Gasteiger partial charge in [-0.25, -0.2) is 4.39 Å². The summed E-state index contributed by atoms with van der Waals surface area (Å²) in [5.41, 5.74) is 2.21. The first-order valence-corrected chi connectivity index (χ1v) is 8.81. The molecule has 0 radical (unpaired) electrons. The summed E-state index contributed by atoms with van der Waals surface area (Å²) in [7, 11) is 1.63. The number of nitrogens with one attached hydrogen (secondary N) is 2. The minimum absolute atomic E-state index is 0.0607. The maximum absolute atomic E-state index is 13.7. The fourth-order valence-electron chi connectivity index (χ4n) is 3.54. The second-order valence-electron chi connectivity index (χ2n) is 6.71. The Bertz CT molecular complexity index is 1020. The molecule has 8 heteroatoms. The van der Waals surface area contributed by atoms with Gasteiger partial charge in [0.1, 0.15) is 5.82 Å². The molecular weight excluding hydrogens is 361 g/mol. The predicted molar refractivity (Wildman–Crippen MR) is 100 cm³/mol. The molecule has 2 unspecified atom stereocenters. The fraction of sp³-hybridized carbons (Fsp3) is 0.200. The predicted octanol–water partition coefficient (Wildman–Crippen LogP) is 2.77. The Labute approximate surface area is 160 Å². The molecule has 1 aliphatic heterocycles. The number of pyridine rings is 1. The molecule has 2 aromatic heterocycles. The van der Waals surface area contributed by atoms with Crippen LogP contribution in [-0.2, 0) is 9.59 Å². The van der Waals surface area contributed by atoms with Crippen molar-refractivity contribution in [1.82, 2.24) is 20.1 Å². The Balaban J connectivity index is 1.55. The molecule has 3 heterocycles. The van der Waals surface area contributed by atoms with Gasteiger partial charge in [0.05, 0.1) is 17.7 Å². The van der Waals surface area contributed by atoms with Crippen LogP contribution >= 0.6 is 0 Å². The lowest BCUT2D eigenvalue weighted by Crippen LogP contribution is -2.30. The second kappa shape index (κ2) is 7.22. The van der Waals surface area contributed by atoms with Crippen molar-refractivity contribution in [2.45, 2.75) is 12.5 Å². The first-order chi connectivity index (χ1) is 13.5. The van der Waals surface area contributed by atoms with Crippen LogP contribution < -0.4 is 5.32 Å². The van der Waals surface area contributed by atoms with Gasteiger partial charge in [-0.15, -0.1) is 0 Å². The molecule has 7 nitrogen and oxygen atoms in total. The van der Waals surface area contributed by atoms with Crippen LogP contribution in [0.2, 0.25) is 0 Å². The molecule has 0 saturated carbocycles. The Morgan fingerprint density at radius 1 is 1.25 bits per heavy atom. The molecule has 142 valence electrons. The molecule has 1 saturated heterocycles. The number of amides is 2. The van der Waals surface area contributed by atoms with Crippen LogP contribution in [-0.4, -0.2) is 38.9 Å². The van der Waals surface area contributed by atoms with Gasteiger partial charge in [-0.1, -0.05) is 12.1 Å².